The number of aromatic amines is 1. The quantitative estimate of drug-likeness (QED) is 0.416. The van der Waals surface area contributed by atoms with E-state index in [9.17, 15) is 4.79 Å². The molecule has 1 aromatic carbocycles. The first-order chi connectivity index (χ1) is 9.24. The van der Waals surface area contributed by atoms with Gasteiger partial charge in [0.25, 0.3) is 0 Å². The molecule has 20 heavy (non-hydrogen) atoms. The van der Waals surface area contributed by atoms with Gasteiger partial charge in [-0.15, -0.1) is 24.0 Å². The van der Waals surface area contributed by atoms with Crippen LogP contribution >= 0.6 is 24.0 Å². The lowest BCUT2D eigenvalue weighted by Crippen LogP contribution is -2.33. The lowest BCUT2D eigenvalue weighted by molar-refractivity contribution is 0.699. The number of H-pyrrole nitrogens is 1. The topological polar surface area (TPSA) is 88.2 Å². The number of aliphatic imine (C=N–C) groups is 1. The average Bonchev–Trinajstić information content (AvgIpc) is 3.14. The van der Waals surface area contributed by atoms with Gasteiger partial charge in [-0.05, 0) is 25.0 Å². The van der Waals surface area contributed by atoms with Crippen LogP contribution in [0.3, 0.4) is 0 Å². The third-order valence-corrected chi connectivity index (χ3v) is 3.22. The van der Waals surface area contributed by atoms with Gasteiger partial charge in [0.05, 0.1) is 17.6 Å². The molecule has 6 nitrogen and oxygen atoms in total. The minimum absolute atomic E-state index is 0. The summed E-state index contributed by atoms with van der Waals surface area (Å²) in [6.45, 7) is 1.02. The van der Waals surface area contributed by atoms with Crippen molar-refractivity contribution >= 4 is 41.0 Å². The van der Waals surface area contributed by atoms with E-state index >= 15 is 0 Å². The van der Waals surface area contributed by atoms with E-state index in [1.165, 1.54) is 0 Å². The number of nitrogens with zero attached hydrogens (tertiary/aromatic N) is 2. The molecule has 0 aliphatic heterocycles. The summed E-state index contributed by atoms with van der Waals surface area (Å²) in [6.07, 6.45) is 2.33. The zero-order chi connectivity index (χ0) is 13.2. The van der Waals surface area contributed by atoms with Crippen molar-refractivity contribution in [2.24, 2.45) is 10.7 Å². The molecule has 7 heteroatoms. The van der Waals surface area contributed by atoms with Crippen LogP contribution in [0.1, 0.15) is 12.8 Å². The first-order valence-electron chi connectivity index (χ1n) is 6.48. The van der Waals surface area contributed by atoms with Gasteiger partial charge in [0.15, 0.2) is 5.96 Å². The Kier molecular flexibility index (Phi) is 4.69. The second kappa shape index (κ2) is 6.29. The van der Waals surface area contributed by atoms with Crippen LogP contribution in [0.15, 0.2) is 34.1 Å². The molecular weight excluding hydrogens is 369 g/mol. The molecule has 1 saturated carbocycles. The van der Waals surface area contributed by atoms with Gasteiger partial charge in [-0.3, -0.25) is 9.56 Å². The molecule has 1 aliphatic carbocycles. The van der Waals surface area contributed by atoms with Crippen LogP contribution in [0.2, 0.25) is 0 Å². The summed E-state index contributed by atoms with van der Waals surface area (Å²) in [5.41, 5.74) is 7.39. The van der Waals surface area contributed by atoms with Gasteiger partial charge in [-0.1, -0.05) is 12.1 Å². The summed E-state index contributed by atoms with van der Waals surface area (Å²) in [5.74, 6) is 0.468. The zero-order valence-electron chi connectivity index (χ0n) is 11.0. The van der Waals surface area contributed by atoms with Crippen LogP contribution < -0.4 is 16.7 Å². The molecule has 0 amide bonds. The highest BCUT2D eigenvalue weighted by molar-refractivity contribution is 14.0. The largest absolute Gasteiger partial charge is 0.370 e. The van der Waals surface area contributed by atoms with Crippen molar-refractivity contribution in [1.29, 1.82) is 0 Å². The molecule has 2 aromatic rings. The van der Waals surface area contributed by atoms with E-state index in [1.807, 2.05) is 24.3 Å². The van der Waals surface area contributed by atoms with Crippen molar-refractivity contribution in [2.45, 2.75) is 25.4 Å². The number of benzene rings is 1. The average molecular weight is 387 g/mol. The van der Waals surface area contributed by atoms with Crippen LogP contribution in [-0.4, -0.2) is 28.1 Å². The predicted molar refractivity (Wildman–Crippen MR) is 90.6 cm³/mol. The van der Waals surface area contributed by atoms with Gasteiger partial charge in [0, 0.05) is 12.6 Å². The van der Waals surface area contributed by atoms with E-state index in [2.05, 4.69) is 15.3 Å². The molecular formula is C13H18IN5O. The van der Waals surface area contributed by atoms with Gasteiger partial charge in [0.1, 0.15) is 0 Å². The van der Waals surface area contributed by atoms with Gasteiger partial charge in [-0.25, -0.2) is 4.79 Å². The number of guanidine groups is 1. The second-order valence-corrected chi connectivity index (χ2v) is 4.78. The molecule has 0 saturated heterocycles. The number of rotatable bonds is 4. The maximum Gasteiger partial charge on any atom is 0.326 e. The fraction of sp³-hybridized carbons (Fsp3) is 0.385. The first kappa shape index (κ1) is 14.9. The number of para-hydroxylation sites is 2. The van der Waals surface area contributed by atoms with Gasteiger partial charge < -0.3 is 16.0 Å². The lowest BCUT2D eigenvalue weighted by Gasteiger charge is -2.04. The summed E-state index contributed by atoms with van der Waals surface area (Å²) >= 11 is 0. The van der Waals surface area contributed by atoms with Crippen molar-refractivity contribution in [3.05, 3.63) is 34.7 Å². The van der Waals surface area contributed by atoms with E-state index in [1.54, 1.807) is 4.57 Å². The minimum atomic E-state index is -0.106. The van der Waals surface area contributed by atoms with E-state index < -0.39 is 0 Å². The molecule has 0 radical (unpaired) electrons. The standard InChI is InChI=1S/C13H17N5O.HI/c14-12(16-9-5-6-9)15-7-8-18-11-4-2-1-3-10(11)17-13(18)19;/h1-4,9H,5-8H2,(H,17,19)(H3,14,15,16);1H. The zero-order valence-corrected chi connectivity index (χ0v) is 13.3. The summed E-state index contributed by atoms with van der Waals surface area (Å²) in [5, 5.41) is 3.12. The van der Waals surface area contributed by atoms with Crippen LogP contribution in [0, 0.1) is 0 Å². The normalized spacial score (nSPS) is 15.1. The maximum absolute atomic E-state index is 11.8. The van der Waals surface area contributed by atoms with Crippen LogP contribution in [0.4, 0.5) is 0 Å². The molecule has 1 aliphatic rings. The fourth-order valence-corrected chi connectivity index (χ4v) is 2.08. The molecule has 0 atom stereocenters. The van der Waals surface area contributed by atoms with Gasteiger partial charge in [-0.2, -0.15) is 0 Å². The smallest absolute Gasteiger partial charge is 0.326 e. The molecule has 0 bridgehead atoms. The van der Waals surface area contributed by atoms with E-state index in [0.717, 1.165) is 23.9 Å². The summed E-state index contributed by atoms with van der Waals surface area (Å²) < 4.78 is 1.68. The number of fused-ring (bicyclic) bond motifs is 1. The molecule has 4 N–H and O–H groups in total. The lowest BCUT2D eigenvalue weighted by atomic mass is 10.3. The minimum Gasteiger partial charge on any atom is -0.370 e. The summed E-state index contributed by atoms with van der Waals surface area (Å²) in [7, 11) is 0. The molecule has 3 rings (SSSR count). The van der Waals surface area contributed by atoms with Crippen molar-refractivity contribution < 1.29 is 0 Å². The SMILES string of the molecule is I.NC(=NCCn1c(=O)[nH]c2ccccc21)NC1CC1. The van der Waals surface area contributed by atoms with Crippen molar-refractivity contribution in [3.8, 4) is 0 Å². The maximum atomic E-state index is 11.8. The second-order valence-electron chi connectivity index (χ2n) is 4.78. The number of hydrogen-bond acceptors (Lipinski definition) is 2. The molecule has 0 unspecified atom stereocenters. The highest BCUT2D eigenvalue weighted by Gasteiger charge is 2.21. The van der Waals surface area contributed by atoms with Gasteiger partial charge in [0.2, 0.25) is 0 Å². The predicted octanol–water partition coefficient (Wildman–Crippen LogP) is 1.01. The molecule has 1 heterocycles. The Hall–Kier alpha value is -1.51. The van der Waals surface area contributed by atoms with Gasteiger partial charge >= 0.3 is 5.69 Å². The Morgan fingerprint density at radius 3 is 2.95 bits per heavy atom. The van der Waals surface area contributed by atoms with Crippen molar-refractivity contribution in [1.82, 2.24) is 14.9 Å². The molecule has 0 spiro atoms. The monoisotopic (exact) mass is 387 g/mol. The number of halogens is 1. The van der Waals surface area contributed by atoms with Crippen LogP contribution in [0.25, 0.3) is 11.0 Å². The number of nitrogens with one attached hydrogen (secondary N) is 2. The highest BCUT2D eigenvalue weighted by Crippen LogP contribution is 2.17. The Labute approximate surface area is 133 Å². The van der Waals surface area contributed by atoms with E-state index in [-0.39, 0.29) is 29.7 Å². The fourth-order valence-electron chi connectivity index (χ4n) is 2.08. The van der Waals surface area contributed by atoms with E-state index in [0.29, 0.717) is 25.1 Å². The molecule has 108 valence electrons. The Bertz CT molecular complexity index is 671. The number of hydrogen-bond donors (Lipinski definition) is 3. The van der Waals surface area contributed by atoms with Crippen molar-refractivity contribution in [2.75, 3.05) is 6.54 Å². The molecule has 1 aromatic heterocycles. The number of aromatic nitrogens is 2. The summed E-state index contributed by atoms with van der Waals surface area (Å²) in [6, 6.07) is 8.12. The Morgan fingerprint density at radius 1 is 1.45 bits per heavy atom. The Morgan fingerprint density at radius 2 is 2.20 bits per heavy atom. The Balaban J connectivity index is 0.00000147. The number of imidazole rings is 1. The summed E-state index contributed by atoms with van der Waals surface area (Å²) in [4.78, 5) is 18.9. The first-order valence-corrected chi connectivity index (χ1v) is 6.48. The van der Waals surface area contributed by atoms with Crippen LogP contribution in [0.5, 0.6) is 0 Å². The third kappa shape index (κ3) is 3.33. The number of nitrogens with two attached hydrogens (primary N) is 1. The highest BCUT2D eigenvalue weighted by atomic mass is 127. The van der Waals surface area contributed by atoms with E-state index in [4.69, 9.17) is 5.73 Å². The third-order valence-electron chi connectivity index (χ3n) is 3.22. The molecule has 1 fully saturated rings. The van der Waals surface area contributed by atoms with Crippen LogP contribution in [-0.2, 0) is 6.54 Å². The van der Waals surface area contributed by atoms with Crippen molar-refractivity contribution in [3.63, 3.8) is 0 Å².